The van der Waals surface area contributed by atoms with Crippen LogP contribution < -0.4 is 16.0 Å². The summed E-state index contributed by atoms with van der Waals surface area (Å²) in [7, 11) is 1.73. The lowest BCUT2D eigenvalue weighted by Crippen LogP contribution is -2.38. The van der Waals surface area contributed by atoms with Crippen molar-refractivity contribution < 1.29 is 9.47 Å². The van der Waals surface area contributed by atoms with Crippen molar-refractivity contribution in [3.63, 3.8) is 0 Å². The number of hydrogen-bond donors (Lipinski definition) is 3. The van der Waals surface area contributed by atoms with Crippen molar-refractivity contribution in [1.82, 2.24) is 15.3 Å². The molecule has 1 aliphatic carbocycles. The number of rotatable bonds is 10. The third kappa shape index (κ3) is 7.18. The second kappa shape index (κ2) is 12.9. The first-order chi connectivity index (χ1) is 16.6. The summed E-state index contributed by atoms with van der Waals surface area (Å²) in [5.41, 5.74) is 1.43. The molecule has 2 aromatic heterocycles. The lowest BCUT2D eigenvalue weighted by molar-refractivity contribution is 0.0247. The summed E-state index contributed by atoms with van der Waals surface area (Å²) >= 11 is 13.1. The predicted molar refractivity (Wildman–Crippen MR) is 139 cm³/mol. The molecule has 4 rings (SSSR count). The first kappa shape index (κ1) is 25.5. The first-order valence-electron chi connectivity index (χ1n) is 12.3. The van der Waals surface area contributed by atoms with Gasteiger partial charge in [-0.15, -0.1) is 0 Å². The molecule has 0 unspecified atom stereocenters. The van der Waals surface area contributed by atoms with Crippen LogP contribution in [0.3, 0.4) is 0 Å². The quantitative estimate of drug-likeness (QED) is 0.372. The normalized spacial score (nSPS) is 23.0. The topological polar surface area (TPSA) is 80.3 Å². The van der Waals surface area contributed by atoms with Crippen LogP contribution in [-0.4, -0.2) is 61.6 Å². The lowest BCUT2D eigenvalue weighted by atomic mass is 9.91. The van der Waals surface area contributed by atoms with Gasteiger partial charge < -0.3 is 25.4 Å². The third-order valence-corrected chi connectivity index (χ3v) is 7.17. The van der Waals surface area contributed by atoms with Crippen LogP contribution in [0.1, 0.15) is 44.9 Å². The van der Waals surface area contributed by atoms with Gasteiger partial charge in [0.1, 0.15) is 11.6 Å². The third-order valence-electron chi connectivity index (χ3n) is 6.56. The van der Waals surface area contributed by atoms with Crippen LogP contribution in [0.5, 0.6) is 0 Å². The SMILES string of the molecule is COCCN[C@H]1CC[C@H](Nc2cc(-c3nc(NC[C@@H]4CCCCO4)ccc3Cl)c(Cl)cn2)CC1. The van der Waals surface area contributed by atoms with E-state index in [0.29, 0.717) is 27.8 Å². The summed E-state index contributed by atoms with van der Waals surface area (Å²) in [6, 6.07) is 6.64. The zero-order chi connectivity index (χ0) is 23.8. The fourth-order valence-electron chi connectivity index (χ4n) is 4.63. The molecule has 0 aromatic carbocycles. The van der Waals surface area contributed by atoms with Gasteiger partial charge in [-0.25, -0.2) is 9.97 Å². The Hall–Kier alpha value is -1.64. The maximum absolute atomic E-state index is 6.53. The van der Waals surface area contributed by atoms with Crippen molar-refractivity contribution >= 4 is 34.8 Å². The van der Waals surface area contributed by atoms with Gasteiger partial charge in [0.05, 0.1) is 28.5 Å². The van der Waals surface area contributed by atoms with Gasteiger partial charge in [-0.3, -0.25) is 0 Å². The maximum atomic E-state index is 6.53. The van der Waals surface area contributed by atoms with Gasteiger partial charge >= 0.3 is 0 Å². The van der Waals surface area contributed by atoms with Crippen LogP contribution in [0.25, 0.3) is 11.3 Å². The van der Waals surface area contributed by atoms with Crippen molar-refractivity contribution in [2.45, 2.75) is 63.1 Å². The van der Waals surface area contributed by atoms with E-state index in [1.165, 1.54) is 6.42 Å². The number of halogens is 2. The van der Waals surface area contributed by atoms with E-state index in [1.54, 1.807) is 13.3 Å². The Morgan fingerprint density at radius 1 is 1.03 bits per heavy atom. The number of aromatic nitrogens is 2. The molecule has 0 spiro atoms. The van der Waals surface area contributed by atoms with Crippen LogP contribution in [-0.2, 0) is 9.47 Å². The van der Waals surface area contributed by atoms with Gasteiger partial charge in [0.25, 0.3) is 0 Å². The summed E-state index contributed by atoms with van der Waals surface area (Å²) in [4.78, 5) is 9.27. The van der Waals surface area contributed by atoms with E-state index >= 15 is 0 Å². The number of nitrogens with zero attached hydrogens (tertiary/aromatic N) is 2. The highest BCUT2D eigenvalue weighted by Gasteiger charge is 2.22. The monoisotopic (exact) mass is 507 g/mol. The minimum atomic E-state index is 0.222. The molecule has 7 nitrogen and oxygen atoms in total. The molecular formula is C25H35Cl2N5O2. The standard InChI is InChI=1S/C25H35Cl2N5O2/c1-33-13-11-28-17-5-7-18(8-6-17)31-24-14-20(22(27)16-30-24)25-21(26)9-10-23(32-25)29-15-19-4-2-3-12-34-19/h9-10,14,16-19,28H,2-8,11-13,15H2,1H3,(H,29,32)(H,30,31)/t17-,18-,19-/m0/s1. The minimum Gasteiger partial charge on any atom is -0.383 e. The summed E-state index contributed by atoms with van der Waals surface area (Å²) in [5.74, 6) is 1.55. The Bertz CT molecular complexity index is 918. The minimum absolute atomic E-state index is 0.222. The smallest absolute Gasteiger partial charge is 0.126 e. The predicted octanol–water partition coefficient (Wildman–Crippen LogP) is 5.39. The van der Waals surface area contributed by atoms with Gasteiger partial charge in [0.2, 0.25) is 0 Å². The van der Waals surface area contributed by atoms with Crippen LogP contribution in [0.4, 0.5) is 11.6 Å². The molecule has 9 heteroatoms. The molecule has 186 valence electrons. The molecular weight excluding hydrogens is 473 g/mol. The maximum Gasteiger partial charge on any atom is 0.126 e. The molecule has 3 N–H and O–H groups in total. The van der Waals surface area contributed by atoms with Crippen molar-refractivity contribution in [2.24, 2.45) is 0 Å². The highest BCUT2D eigenvalue weighted by molar-refractivity contribution is 6.36. The molecule has 0 bridgehead atoms. The van der Waals surface area contributed by atoms with E-state index < -0.39 is 0 Å². The Morgan fingerprint density at radius 2 is 1.85 bits per heavy atom. The largest absolute Gasteiger partial charge is 0.383 e. The molecule has 2 aromatic rings. The number of methoxy groups -OCH3 is 1. The van der Waals surface area contributed by atoms with Gasteiger partial charge in [0.15, 0.2) is 0 Å². The molecule has 0 radical (unpaired) electrons. The van der Waals surface area contributed by atoms with E-state index in [1.807, 2.05) is 18.2 Å². The van der Waals surface area contributed by atoms with Crippen LogP contribution in [0, 0.1) is 0 Å². The van der Waals surface area contributed by atoms with E-state index in [9.17, 15) is 0 Å². The molecule has 1 aliphatic heterocycles. The average molecular weight is 508 g/mol. The number of nitrogens with one attached hydrogen (secondary N) is 3. The summed E-state index contributed by atoms with van der Waals surface area (Å²) < 4.78 is 10.9. The van der Waals surface area contributed by atoms with Crippen LogP contribution >= 0.6 is 23.2 Å². The molecule has 0 amide bonds. The van der Waals surface area contributed by atoms with Crippen LogP contribution in [0.2, 0.25) is 10.0 Å². The molecule has 2 fully saturated rings. The van der Waals surface area contributed by atoms with Crippen molar-refractivity contribution in [1.29, 1.82) is 0 Å². The molecule has 1 saturated carbocycles. The Kier molecular flexibility index (Phi) is 9.65. The Labute approximate surface area is 212 Å². The molecule has 34 heavy (non-hydrogen) atoms. The van der Waals surface area contributed by atoms with Crippen molar-refractivity contribution in [3.05, 3.63) is 34.4 Å². The second-order valence-corrected chi connectivity index (χ2v) is 9.90. The Morgan fingerprint density at radius 3 is 2.62 bits per heavy atom. The molecule has 2 aliphatic rings. The van der Waals surface area contributed by atoms with Gasteiger partial charge in [0, 0.05) is 50.7 Å². The van der Waals surface area contributed by atoms with Gasteiger partial charge in [-0.05, 0) is 63.1 Å². The first-order valence-corrected chi connectivity index (χ1v) is 13.0. The van der Waals surface area contributed by atoms with Gasteiger partial charge in [-0.2, -0.15) is 0 Å². The second-order valence-electron chi connectivity index (χ2n) is 9.09. The molecule has 1 saturated heterocycles. The fourth-order valence-corrected chi connectivity index (χ4v) is 5.03. The van der Waals surface area contributed by atoms with E-state index in [0.717, 1.165) is 82.0 Å². The zero-order valence-electron chi connectivity index (χ0n) is 19.8. The number of ether oxygens (including phenoxy) is 2. The van der Waals surface area contributed by atoms with Gasteiger partial charge in [-0.1, -0.05) is 23.2 Å². The zero-order valence-corrected chi connectivity index (χ0v) is 21.3. The highest BCUT2D eigenvalue weighted by Crippen LogP contribution is 2.34. The fraction of sp³-hybridized carbons (Fsp3) is 0.600. The van der Waals surface area contributed by atoms with Crippen LogP contribution in [0.15, 0.2) is 24.4 Å². The molecule has 1 atom stereocenters. The van der Waals surface area contributed by atoms with E-state index in [4.69, 9.17) is 37.7 Å². The number of pyridine rings is 2. The summed E-state index contributed by atoms with van der Waals surface area (Å²) in [6.07, 6.45) is 9.76. The average Bonchev–Trinajstić information content (AvgIpc) is 2.87. The summed E-state index contributed by atoms with van der Waals surface area (Å²) in [5, 5.41) is 11.6. The van der Waals surface area contributed by atoms with Crippen molar-refractivity contribution in [3.8, 4) is 11.3 Å². The summed E-state index contributed by atoms with van der Waals surface area (Å²) in [6.45, 7) is 3.21. The number of hydrogen-bond acceptors (Lipinski definition) is 7. The lowest BCUT2D eigenvalue weighted by Gasteiger charge is -2.30. The van der Waals surface area contributed by atoms with E-state index in [-0.39, 0.29) is 6.10 Å². The Balaban J connectivity index is 1.39. The van der Waals surface area contributed by atoms with Crippen molar-refractivity contribution in [2.75, 3.05) is 44.0 Å². The molecule has 3 heterocycles. The highest BCUT2D eigenvalue weighted by atomic mass is 35.5. The number of anilines is 2. The van der Waals surface area contributed by atoms with E-state index in [2.05, 4.69) is 20.9 Å².